The number of pyridine rings is 1. The van der Waals surface area contributed by atoms with Crippen molar-refractivity contribution in [3.63, 3.8) is 0 Å². The summed E-state index contributed by atoms with van der Waals surface area (Å²) >= 11 is 0. The summed E-state index contributed by atoms with van der Waals surface area (Å²) in [6.45, 7) is 1.11. The maximum atomic E-state index is 12.9. The van der Waals surface area contributed by atoms with Gasteiger partial charge in [-0.15, -0.1) is 0 Å². The first-order valence-electron chi connectivity index (χ1n) is 10.3. The SMILES string of the molecule is O=C(NCc1ccnc(-n2cccn2)c1)[C@H]1CCCN1C(=O)C1CCCCC1. The number of nitrogens with one attached hydrogen (secondary N) is 1. The van der Waals surface area contributed by atoms with Gasteiger partial charge in [-0.05, 0) is 49.4 Å². The number of carbonyl (C=O) groups is 2. The smallest absolute Gasteiger partial charge is 0.243 e. The van der Waals surface area contributed by atoms with E-state index in [1.807, 2.05) is 29.3 Å². The highest BCUT2D eigenvalue weighted by Crippen LogP contribution is 2.28. The summed E-state index contributed by atoms with van der Waals surface area (Å²) in [5.74, 6) is 0.951. The Hall–Kier alpha value is -2.70. The van der Waals surface area contributed by atoms with Crippen LogP contribution in [0.3, 0.4) is 0 Å². The maximum Gasteiger partial charge on any atom is 0.243 e. The third kappa shape index (κ3) is 4.08. The lowest BCUT2D eigenvalue weighted by Gasteiger charge is -2.30. The van der Waals surface area contributed by atoms with E-state index in [9.17, 15) is 9.59 Å². The summed E-state index contributed by atoms with van der Waals surface area (Å²) in [4.78, 5) is 31.8. The van der Waals surface area contributed by atoms with Crippen molar-refractivity contribution in [3.8, 4) is 5.82 Å². The first kappa shape index (κ1) is 18.7. The second kappa shape index (κ2) is 8.54. The number of aromatic nitrogens is 3. The molecule has 2 fully saturated rings. The molecule has 1 saturated heterocycles. The van der Waals surface area contributed by atoms with Crippen molar-refractivity contribution in [1.82, 2.24) is 25.0 Å². The highest BCUT2D eigenvalue weighted by atomic mass is 16.2. The van der Waals surface area contributed by atoms with Gasteiger partial charge in [0, 0.05) is 37.6 Å². The molecule has 0 radical (unpaired) electrons. The van der Waals surface area contributed by atoms with Crippen LogP contribution < -0.4 is 5.32 Å². The Kier molecular flexibility index (Phi) is 5.69. The Morgan fingerprint density at radius 3 is 2.75 bits per heavy atom. The summed E-state index contributed by atoms with van der Waals surface area (Å²) in [5.41, 5.74) is 0.956. The molecule has 0 bridgehead atoms. The Bertz CT molecular complexity index is 814. The van der Waals surface area contributed by atoms with E-state index in [0.717, 1.165) is 44.1 Å². The second-order valence-electron chi connectivity index (χ2n) is 7.72. The number of amides is 2. The summed E-state index contributed by atoms with van der Waals surface area (Å²) in [5, 5.41) is 7.19. The molecule has 1 aliphatic carbocycles. The molecule has 0 aromatic carbocycles. The van der Waals surface area contributed by atoms with E-state index in [4.69, 9.17) is 0 Å². The highest BCUT2D eigenvalue weighted by Gasteiger charge is 2.37. The molecule has 0 unspecified atom stereocenters. The zero-order valence-corrected chi connectivity index (χ0v) is 16.1. The van der Waals surface area contributed by atoms with Crippen molar-refractivity contribution in [1.29, 1.82) is 0 Å². The number of nitrogens with zero attached hydrogens (tertiary/aromatic N) is 4. The molecule has 3 heterocycles. The van der Waals surface area contributed by atoms with E-state index in [-0.39, 0.29) is 23.8 Å². The number of rotatable bonds is 5. The van der Waals surface area contributed by atoms with Crippen LogP contribution >= 0.6 is 0 Å². The molecule has 2 amide bonds. The maximum absolute atomic E-state index is 12.9. The van der Waals surface area contributed by atoms with E-state index in [1.54, 1.807) is 17.1 Å². The van der Waals surface area contributed by atoms with Crippen molar-refractivity contribution in [2.45, 2.75) is 57.5 Å². The average Bonchev–Trinajstić information content (AvgIpc) is 3.44. The zero-order valence-electron chi connectivity index (χ0n) is 16.1. The Morgan fingerprint density at radius 1 is 1.11 bits per heavy atom. The van der Waals surface area contributed by atoms with Gasteiger partial charge >= 0.3 is 0 Å². The van der Waals surface area contributed by atoms with Crippen LogP contribution in [0.4, 0.5) is 0 Å². The average molecular weight is 381 g/mol. The molecule has 2 aliphatic rings. The van der Waals surface area contributed by atoms with E-state index in [1.165, 1.54) is 6.42 Å². The van der Waals surface area contributed by atoms with Gasteiger partial charge < -0.3 is 10.2 Å². The highest BCUT2D eigenvalue weighted by molar-refractivity contribution is 5.89. The summed E-state index contributed by atoms with van der Waals surface area (Å²) < 4.78 is 1.69. The molecule has 148 valence electrons. The zero-order chi connectivity index (χ0) is 19.3. The van der Waals surface area contributed by atoms with Gasteiger partial charge in [0.15, 0.2) is 5.82 Å². The number of carbonyl (C=O) groups excluding carboxylic acids is 2. The van der Waals surface area contributed by atoms with Crippen molar-refractivity contribution < 1.29 is 9.59 Å². The van der Waals surface area contributed by atoms with Gasteiger partial charge in [0.05, 0.1) is 0 Å². The Balaban J connectivity index is 1.36. The van der Waals surface area contributed by atoms with Crippen LogP contribution in [0.15, 0.2) is 36.8 Å². The third-order valence-corrected chi connectivity index (χ3v) is 5.81. The molecule has 1 atom stereocenters. The van der Waals surface area contributed by atoms with Crippen LogP contribution in [0.25, 0.3) is 5.82 Å². The standard InChI is InChI=1S/C21H27N5O2/c27-20(18-8-4-12-25(18)21(28)17-6-2-1-3-7-17)23-15-16-9-11-22-19(14-16)26-13-5-10-24-26/h5,9-11,13-14,17-18H,1-4,6-8,12,15H2,(H,23,27)/t18-/m1/s1. The molecule has 7 heteroatoms. The molecular weight excluding hydrogens is 354 g/mol. The van der Waals surface area contributed by atoms with Gasteiger partial charge in [0.25, 0.3) is 0 Å². The molecule has 1 N–H and O–H groups in total. The summed E-state index contributed by atoms with van der Waals surface area (Å²) in [7, 11) is 0. The minimum Gasteiger partial charge on any atom is -0.350 e. The van der Waals surface area contributed by atoms with Crippen LogP contribution in [0, 0.1) is 5.92 Å². The number of hydrogen-bond acceptors (Lipinski definition) is 4. The van der Waals surface area contributed by atoms with Crippen molar-refractivity contribution in [3.05, 3.63) is 42.4 Å². The predicted octanol–water partition coefficient (Wildman–Crippen LogP) is 2.45. The predicted molar refractivity (Wildman–Crippen MR) is 105 cm³/mol. The molecule has 4 rings (SSSR count). The van der Waals surface area contributed by atoms with Gasteiger partial charge in [0.1, 0.15) is 6.04 Å². The van der Waals surface area contributed by atoms with Crippen LogP contribution in [0.2, 0.25) is 0 Å². The summed E-state index contributed by atoms with van der Waals surface area (Å²) in [6.07, 6.45) is 12.3. The lowest BCUT2D eigenvalue weighted by atomic mass is 9.88. The van der Waals surface area contributed by atoms with Gasteiger partial charge in [-0.25, -0.2) is 9.67 Å². The Labute approximate surface area is 165 Å². The number of hydrogen-bond donors (Lipinski definition) is 1. The topological polar surface area (TPSA) is 80.1 Å². The van der Waals surface area contributed by atoms with Gasteiger partial charge in [0.2, 0.25) is 11.8 Å². The molecule has 2 aromatic rings. The van der Waals surface area contributed by atoms with Crippen molar-refractivity contribution in [2.75, 3.05) is 6.54 Å². The van der Waals surface area contributed by atoms with E-state index >= 15 is 0 Å². The van der Waals surface area contributed by atoms with Crippen LogP contribution in [0.5, 0.6) is 0 Å². The molecule has 1 saturated carbocycles. The molecule has 1 aliphatic heterocycles. The first-order chi connectivity index (χ1) is 13.7. The minimum atomic E-state index is -0.332. The largest absolute Gasteiger partial charge is 0.350 e. The van der Waals surface area contributed by atoms with Gasteiger partial charge in [-0.2, -0.15) is 5.10 Å². The third-order valence-electron chi connectivity index (χ3n) is 5.81. The van der Waals surface area contributed by atoms with Crippen molar-refractivity contribution >= 4 is 11.8 Å². The fraction of sp³-hybridized carbons (Fsp3) is 0.524. The minimum absolute atomic E-state index is 0.0564. The molecular formula is C21H27N5O2. The van der Waals surface area contributed by atoms with Crippen molar-refractivity contribution in [2.24, 2.45) is 5.92 Å². The van der Waals surface area contributed by atoms with Crippen LogP contribution in [0.1, 0.15) is 50.5 Å². The monoisotopic (exact) mass is 381 g/mol. The van der Waals surface area contributed by atoms with Gasteiger partial charge in [-0.1, -0.05) is 19.3 Å². The molecule has 2 aromatic heterocycles. The molecule has 0 spiro atoms. The Morgan fingerprint density at radius 2 is 1.96 bits per heavy atom. The van der Waals surface area contributed by atoms with Crippen LogP contribution in [-0.4, -0.2) is 44.1 Å². The fourth-order valence-corrected chi connectivity index (χ4v) is 4.29. The van der Waals surface area contributed by atoms with Gasteiger partial charge in [-0.3, -0.25) is 9.59 Å². The quantitative estimate of drug-likeness (QED) is 0.863. The number of likely N-dealkylation sites (tertiary alicyclic amines) is 1. The van der Waals surface area contributed by atoms with E-state index in [2.05, 4.69) is 15.4 Å². The lowest BCUT2D eigenvalue weighted by molar-refractivity contribution is -0.142. The van der Waals surface area contributed by atoms with E-state index in [0.29, 0.717) is 18.9 Å². The van der Waals surface area contributed by atoms with E-state index < -0.39 is 0 Å². The first-order valence-corrected chi connectivity index (χ1v) is 10.3. The normalized spacial score (nSPS) is 20.3. The van der Waals surface area contributed by atoms with Crippen LogP contribution in [-0.2, 0) is 16.1 Å². The fourth-order valence-electron chi connectivity index (χ4n) is 4.29. The lowest BCUT2D eigenvalue weighted by Crippen LogP contribution is -2.48. The summed E-state index contributed by atoms with van der Waals surface area (Å²) in [6, 6.07) is 5.30. The molecule has 28 heavy (non-hydrogen) atoms. The second-order valence-corrected chi connectivity index (χ2v) is 7.72. The molecule has 7 nitrogen and oxygen atoms in total.